The van der Waals surface area contributed by atoms with E-state index in [1.807, 2.05) is 38.1 Å². The summed E-state index contributed by atoms with van der Waals surface area (Å²) in [6, 6.07) is 7.61. The Morgan fingerprint density at radius 1 is 1.35 bits per heavy atom. The van der Waals surface area contributed by atoms with E-state index in [4.69, 9.17) is 16.2 Å². The molecule has 0 radical (unpaired) electrons. The van der Waals surface area contributed by atoms with E-state index < -0.39 is 0 Å². The maximum Gasteiger partial charge on any atom is 0.222 e. The minimum absolute atomic E-state index is 0.0317. The zero-order chi connectivity index (χ0) is 17.0. The molecule has 0 unspecified atom stereocenters. The van der Waals surface area contributed by atoms with Crippen LogP contribution in [0.1, 0.15) is 25.0 Å². The molecule has 2 rings (SSSR count). The second-order valence-corrected chi connectivity index (χ2v) is 5.28. The molecule has 2 aromatic rings. The summed E-state index contributed by atoms with van der Waals surface area (Å²) < 4.78 is 5.80. The van der Waals surface area contributed by atoms with Crippen molar-refractivity contribution in [3.05, 3.63) is 42.0 Å². The van der Waals surface area contributed by atoms with Gasteiger partial charge in [0.25, 0.3) is 0 Å². The molecule has 0 atom stereocenters. The van der Waals surface area contributed by atoms with Crippen LogP contribution in [0.5, 0.6) is 5.75 Å². The zero-order valence-corrected chi connectivity index (χ0v) is 13.2. The normalized spacial score (nSPS) is 10.3. The van der Waals surface area contributed by atoms with Gasteiger partial charge in [-0.25, -0.2) is 4.98 Å². The van der Waals surface area contributed by atoms with Crippen LogP contribution >= 0.6 is 0 Å². The van der Waals surface area contributed by atoms with E-state index in [-0.39, 0.29) is 23.4 Å². The molecule has 6 nitrogen and oxygen atoms in total. The number of nitrogen functional groups attached to an aromatic ring is 2. The highest BCUT2D eigenvalue weighted by molar-refractivity contribution is 5.74. The number of aromatic nitrogens is 2. The lowest BCUT2D eigenvalue weighted by molar-refractivity contribution is 0.240. The monoisotopic (exact) mass is 309 g/mol. The maximum atomic E-state index is 9.31. The van der Waals surface area contributed by atoms with Crippen molar-refractivity contribution < 1.29 is 4.74 Å². The third kappa shape index (κ3) is 3.58. The zero-order valence-electron chi connectivity index (χ0n) is 13.2. The van der Waals surface area contributed by atoms with Gasteiger partial charge in [0.1, 0.15) is 23.2 Å². The predicted octanol–water partition coefficient (Wildman–Crippen LogP) is 2.70. The fraction of sp³-hybridized carbons (Fsp3) is 0.235. The van der Waals surface area contributed by atoms with Crippen molar-refractivity contribution in [2.45, 2.75) is 26.4 Å². The first-order valence-corrected chi connectivity index (χ1v) is 7.20. The lowest BCUT2D eigenvalue weighted by atomic mass is 10.0. The molecular formula is C17H19N5O. The van der Waals surface area contributed by atoms with Crippen molar-refractivity contribution in [1.82, 2.24) is 9.97 Å². The van der Waals surface area contributed by atoms with Crippen molar-refractivity contribution in [3.8, 4) is 23.1 Å². The number of hydrogen-bond acceptors (Lipinski definition) is 6. The van der Waals surface area contributed by atoms with Gasteiger partial charge in [-0.1, -0.05) is 6.08 Å². The maximum absolute atomic E-state index is 9.31. The number of nitrogens with zero attached hydrogens (tertiary/aromatic N) is 3. The molecule has 0 aliphatic rings. The van der Waals surface area contributed by atoms with E-state index in [1.54, 1.807) is 6.08 Å². The fourth-order valence-corrected chi connectivity index (χ4v) is 2.23. The van der Waals surface area contributed by atoms with Crippen molar-refractivity contribution in [1.29, 1.82) is 5.26 Å². The molecule has 6 heteroatoms. The molecule has 1 aromatic heterocycles. The van der Waals surface area contributed by atoms with Gasteiger partial charge in [0.05, 0.1) is 11.8 Å². The summed E-state index contributed by atoms with van der Waals surface area (Å²) in [5.41, 5.74) is 13.7. The summed E-state index contributed by atoms with van der Waals surface area (Å²) in [7, 11) is 0. The first kappa shape index (κ1) is 16.3. The van der Waals surface area contributed by atoms with E-state index in [1.165, 1.54) is 0 Å². The number of allylic oxidation sites excluding steroid dienone is 1. The Morgan fingerprint density at radius 3 is 2.70 bits per heavy atom. The van der Waals surface area contributed by atoms with Gasteiger partial charge in [-0.3, -0.25) is 0 Å². The van der Waals surface area contributed by atoms with Crippen LogP contribution in [0.15, 0.2) is 30.9 Å². The average molecular weight is 309 g/mol. The Hall–Kier alpha value is -3.07. The second kappa shape index (κ2) is 6.79. The van der Waals surface area contributed by atoms with Crippen molar-refractivity contribution in [3.63, 3.8) is 0 Å². The van der Waals surface area contributed by atoms with Gasteiger partial charge in [-0.05, 0) is 44.0 Å². The minimum atomic E-state index is 0.0317. The Kier molecular flexibility index (Phi) is 4.82. The van der Waals surface area contributed by atoms with Crippen LogP contribution < -0.4 is 16.2 Å². The van der Waals surface area contributed by atoms with E-state index in [0.29, 0.717) is 12.1 Å². The van der Waals surface area contributed by atoms with Crippen molar-refractivity contribution in [2.75, 3.05) is 11.5 Å². The summed E-state index contributed by atoms with van der Waals surface area (Å²) in [6.07, 6.45) is 2.48. The summed E-state index contributed by atoms with van der Waals surface area (Å²) in [5.74, 6) is 0.879. The van der Waals surface area contributed by atoms with Gasteiger partial charge in [-0.15, -0.1) is 6.58 Å². The van der Waals surface area contributed by atoms with Crippen LogP contribution in [0.3, 0.4) is 0 Å². The highest BCUT2D eigenvalue weighted by Gasteiger charge is 2.15. The van der Waals surface area contributed by atoms with E-state index >= 15 is 0 Å². The number of nitriles is 1. The van der Waals surface area contributed by atoms with Crippen LogP contribution in [-0.4, -0.2) is 16.1 Å². The first-order chi connectivity index (χ1) is 11.0. The summed E-state index contributed by atoms with van der Waals surface area (Å²) >= 11 is 0. The number of anilines is 2. The standard InChI is InChI=1S/C17H19N5O/c1-4-5-11-8-12(6-7-14(11)23-10(2)3)15-13(9-18)16(19)22-17(20)21-15/h4,6-8,10H,1,5H2,2-3H3,(H4,19,20,21,22). The van der Waals surface area contributed by atoms with Crippen LogP contribution in [-0.2, 0) is 6.42 Å². The highest BCUT2D eigenvalue weighted by atomic mass is 16.5. The molecule has 4 N–H and O–H groups in total. The number of ether oxygens (including phenoxy) is 1. The van der Waals surface area contributed by atoms with Crippen LogP contribution in [0.2, 0.25) is 0 Å². The van der Waals surface area contributed by atoms with Gasteiger partial charge in [0.15, 0.2) is 0 Å². The molecular weight excluding hydrogens is 290 g/mol. The van der Waals surface area contributed by atoms with E-state index in [2.05, 4.69) is 16.5 Å². The molecule has 118 valence electrons. The van der Waals surface area contributed by atoms with Gasteiger partial charge < -0.3 is 16.2 Å². The summed E-state index contributed by atoms with van der Waals surface area (Å²) in [6.45, 7) is 7.69. The first-order valence-electron chi connectivity index (χ1n) is 7.20. The number of nitrogens with two attached hydrogens (primary N) is 2. The fourth-order valence-electron chi connectivity index (χ4n) is 2.23. The van der Waals surface area contributed by atoms with Gasteiger partial charge in [0, 0.05) is 5.56 Å². The molecule has 0 saturated heterocycles. The minimum Gasteiger partial charge on any atom is -0.491 e. The molecule has 0 amide bonds. The lowest BCUT2D eigenvalue weighted by Crippen LogP contribution is -2.08. The van der Waals surface area contributed by atoms with Crippen molar-refractivity contribution >= 4 is 11.8 Å². The topological polar surface area (TPSA) is 111 Å². The Bertz CT molecular complexity index is 777. The highest BCUT2D eigenvalue weighted by Crippen LogP contribution is 2.30. The van der Waals surface area contributed by atoms with Gasteiger partial charge >= 0.3 is 0 Å². The molecule has 0 aliphatic heterocycles. The Balaban J connectivity index is 2.59. The van der Waals surface area contributed by atoms with Gasteiger partial charge in [0.2, 0.25) is 5.95 Å². The average Bonchev–Trinajstić information content (AvgIpc) is 2.48. The number of hydrogen-bond donors (Lipinski definition) is 2. The third-order valence-corrected chi connectivity index (χ3v) is 3.13. The Morgan fingerprint density at radius 2 is 2.09 bits per heavy atom. The predicted molar refractivity (Wildman–Crippen MR) is 90.7 cm³/mol. The molecule has 23 heavy (non-hydrogen) atoms. The summed E-state index contributed by atoms with van der Waals surface area (Å²) in [5, 5.41) is 9.31. The molecule has 0 fully saturated rings. The number of rotatable bonds is 5. The second-order valence-electron chi connectivity index (χ2n) is 5.28. The van der Waals surface area contributed by atoms with Crippen LogP contribution in [0.4, 0.5) is 11.8 Å². The van der Waals surface area contributed by atoms with E-state index in [0.717, 1.165) is 16.9 Å². The third-order valence-electron chi connectivity index (χ3n) is 3.13. The molecule has 0 aliphatic carbocycles. The SMILES string of the molecule is C=CCc1cc(-c2nc(N)nc(N)c2C#N)ccc1OC(C)C. The number of benzene rings is 1. The van der Waals surface area contributed by atoms with Crippen molar-refractivity contribution in [2.24, 2.45) is 0 Å². The smallest absolute Gasteiger partial charge is 0.222 e. The molecule has 0 saturated carbocycles. The largest absolute Gasteiger partial charge is 0.491 e. The molecule has 0 spiro atoms. The summed E-state index contributed by atoms with van der Waals surface area (Å²) in [4.78, 5) is 7.99. The quantitative estimate of drug-likeness (QED) is 0.821. The Labute approximate surface area is 135 Å². The molecule has 0 bridgehead atoms. The van der Waals surface area contributed by atoms with Crippen LogP contribution in [0, 0.1) is 11.3 Å². The molecule has 1 heterocycles. The van der Waals surface area contributed by atoms with Gasteiger partial charge in [-0.2, -0.15) is 10.2 Å². The lowest BCUT2D eigenvalue weighted by Gasteiger charge is -2.15. The van der Waals surface area contributed by atoms with Crippen LogP contribution in [0.25, 0.3) is 11.3 Å². The molecule has 1 aromatic carbocycles. The van der Waals surface area contributed by atoms with E-state index in [9.17, 15) is 5.26 Å².